The second-order valence-corrected chi connectivity index (χ2v) is 4.74. The third-order valence-corrected chi connectivity index (χ3v) is 3.23. The van der Waals surface area contributed by atoms with E-state index in [0.717, 1.165) is 0 Å². The van der Waals surface area contributed by atoms with Crippen molar-refractivity contribution in [3.05, 3.63) is 35.5 Å². The summed E-state index contributed by atoms with van der Waals surface area (Å²) in [5.41, 5.74) is 5.30. The van der Waals surface area contributed by atoms with Crippen molar-refractivity contribution in [1.29, 1.82) is 0 Å². The Bertz CT molecular complexity index is 549. The molecular weight excluding hydrogens is 230 g/mol. The zero-order valence-electron chi connectivity index (χ0n) is 8.20. The molecule has 0 saturated carbocycles. The Labute approximate surface area is 92.5 Å². The second-order valence-electron chi connectivity index (χ2n) is 3.08. The fourth-order valence-electron chi connectivity index (χ4n) is 1.17. The highest BCUT2D eigenvalue weighted by Crippen LogP contribution is 2.17. The van der Waals surface area contributed by atoms with Gasteiger partial charge in [0.05, 0.1) is 6.20 Å². The summed E-state index contributed by atoms with van der Waals surface area (Å²) in [5.74, 6) is 0.467. The van der Waals surface area contributed by atoms with Gasteiger partial charge in [-0.2, -0.15) is 8.42 Å². The smallest absolute Gasteiger partial charge is 0.283 e. The molecular formula is C9H9N3O3S. The molecule has 1 aliphatic heterocycles. The summed E-state index contributed by atoms with van der Waals surface area (Å²) in [6, 6.07) is 3.37. The number of aromatic nitrogens is 1. The van der Waals surface area contributed by atoms with E-state index in [1.54, 1.807) is 18.3 Å². The minimum absolute atomic E-state index is 0.0233. The van der Waals surface area contributed by atoms with Crippen molar-refractivity contribution >= 4 is 15.9 Å². The van der Waals surface area contributed by atoms with Crippen LogP contribution in [0.15, 0.2) is 39.9 Å². The highest BCUT2D eigenvalue weighted by atomic mass is 32.2. The number of hydrogen-bond donors (Lipinski definition) is 1. The summed E-state index contributed by atoms with van der Waals surface area (Å²) < 4.78 is 31.3. The van der Waals surface area contributed by atoms with Crippen molar-refractivity contribution < 1.29 is 13.2 Å². The van der Waals surface area contributed by atoms with Crippen LogP contribution in [0.2, 0.25) is 0 Å². The molecule has 0 aromatic carbocycles. The Kier molecular flexibility index (Phi) is 2.61. The van der Waals surface area contributed by atoms with E-state index in [0.29, 0.717) is 5.75 Å². The van der Waals surface area contributed by atoms with Gasteiger partial charge in [0.1, 0.15) is 23.1 Å². The average molecular weight is 239 g/mol. The number of hydrogen-bond acceptors (Lipinski definition) is 5. The maximum Gasteiger partial charge on any atom is 0.283 e. The number of sulfonamides is 1. The van der Waals surface area contributed by atoms with Gasteiger partial charge in [0.25, 0.3) is 10.0 Å². The maximum atomic E-state index is 11.4. The van der Waals surface area contributed by atoms with Crippen molar-refractivity contribution in [2.45, 2.75) is 0 Å². The van der Waals surface area contributed by atoms with Crippen molar-refractivity contribution in [3.8, 4) is 5.75 Å². The number of amidine groups is 1. The quantitative estimate of drug-likeness (QED) is 0.803. The lowest BCUT2D eigenvalue weighted by Crippen LogP contribution is -2.07. The van der Waals surface area contributed by atoms with Gasteiger partial charge in [-0.15, -0.1) is 4.40 Å². The summed E-state index contributed by atoms with van der Waals surface area (Å²) in [7, 11) is -3.63. The van der Waals surface area contributed by atoms with Crippen LogP contribution >= 0.6 is 0 Å². The minimum atomic E-state index is -3.63. The Balaban J connectivity index is 2.06. The van der Waals surface area contributed by atoms with Gasteiger partial charge >= 0.3 is 0 Å². The van der Waals surface area contributed by atoms with Crippen LogP contribution in [0.5, 0.6) is 5.75 Å². The molecule has 0 radical (unpaired) electrons. The number of ether oxygens (including phenoxy) is 1. The lowest BCUT2D eigenvalue weighted by atomic mass is 10.4. The molecule has 0 unspecified atom stereocenters. The highest BCUT2D eigenvalue weighted by Gasteiger charge is 2.23. The topological polar surface area (TPSA) is 94.6 Å². The largest absolute Gasteiger partial charge is 0.486 e. The first-order chi connectivity index (χ1) is 7.58. The Morgan fingerprint density at radius 3 is 2.81 bits per heavy atom. The van der Waals surface area contributed by atoms with Crippen LogP contribution in [0.1, 0.15) is 0 Å². The summed E-state index contributed by atoms with van der Waals surface area (Å²) in [5, 5.41) is 0. The number of pyridine rings is 1. The lowest BCUT2D eigenvalue weighted by molar-refractivity contribution is 0.357. The maximum absolute atomic E-state index is 11.4. The minimum Gasteiger partial charge on any atom is -0.486 e. The SMILES string of the molecule is NC1=NS(=O)(=O)C(COc2cccnc2)=C1. The van der Waals surface area contributed by atoms with Crippen molar-refractivity contribution in [2.24, 2.45) is 10.1 Å². The first kappa shape index (κ1) is 10.6. The summed E-state index contributed by atoms with van der Waals surface area (Å²) in [6.45, 7) is -0.0990. The summed E-state index contributed by atoms with van der Waals surface area (Å²) >= 11 is 0. The zero-order valence-corrected chi connectivity index (χ0v) is 9.02. The number of nitrogens with two attached hydrogens (primary N) is 1. The third-order valence-electron chi connectivity index (χ3n) is 1.88. The van der Waals surface area contributed by atoms with Gasteiger partial charge in [-0.05, 0) is 12.1 Å². The van der Waals surface area contributed by atoms with Gasteiger partial charge in [0, 0.05) is 12.3 Å². The van der Waals surface area contributed by atoms with E-state index < -0.39 is 10.0 Å². The van der Waals surface area contributed by atoms with Crippen molar-refractivity contribution in [3.63, 3.8) is 0 Å². The summed E-state index contributed by atoms with van der Waals surface area (Å²) in [4.78, 5) is 3.88. The van der Waals surface area contributed by atoms with Gasteiger partial charge in [0.2, 0.25) is 0 Å². The van der Waals surface area contributed by atoms with E-state index in [9.17, 15) is 8.42 Å². The number of nitrogens with zero attached hydrogens (tertiary/aromatic N) is 2. The fraction of sp³-hybridized carbons (Fsp3) is 0.111. The van der Waals surface area contributed by atoms with Crippen LogP contribution in [0.4, 0.5) is 0 Å². The van der Waals surface area contributed by atoms with Gasteiger partial charge in [-0.1, -0.05) is 0 Å². The van der Waals surface area contributed by atoms with Crippen LogP contribution in [-0.2, 0) is 10.0 Å². The van der Waals surface area contributed by atoms with Gasteiger partial charge in [0.15, 0.2) is 0 Å². The van der Waals surface area contributed by atoms with Crippen LogP contribution in [0.25, 0.3) is 0 Å². The molecule has 0 bridgehead atoms. The number of rotatable bonds is 3. The van der Waals surface area contributed by atoms with Crippen LogP contribution in [0, 0.1) is 0 Å². The monoisotopic (exact) mass is 239 g/mol. The molecule has 2 heterocycles. The van der Waals surface area contributed by atoms with Crippen LogP contribution in [-0.4, -0.2) is 25.8 Å². The molecule has 1 aromatic heterocycles. The summed E-state index contributed by atoms with van der Waals surface area (Å²) in [6.07, 6.45) is 4.37. The lowest BCUT2D eigenvalue weighted by Gasteiger charge is -2.04. The van der Waals surface area contributed by atoms with E-state index in [4.69, 9.17) is 10.5 Å². The third kappa shape index (κ3) is 2.19. The Hall–Kier alpha value is -1.89. The van der Waals surface area contributed by atoms with Crippen LogP contribution in [0.3, 0.4) is 0 Å². The highest BCUT2D eigenvalue weighted by molar-refractivity contribution is 7.94. The van der Waals surface area contributed by atoms with Crippen molar-refractivity contribution in [2.75, 3.05) is 6.61 Å². The predicted molar refractivity (Wildman–Crippen MR) is 58.4 cm³/mol. The molecule has 0 fully saturated rings. The van der Waals surface area contributed by atoms with E-state index in [1.807, 2.05) is 0 Å². The molecule has 7 heteroatoms. The van der Waals surface area contributed by atoms with Gasteiger partial charge < -0.3 is 10.5 Å². The Morgan fingerprint density at radius 1 is 1.44 bits per heavy atom. The average Bonchev–Trinajstić information content (AvgIpc) is 2.50. The molecule has 16 heavy (non-hydrogen) atoms. The molecule has 2 N–H and O–H groups in total. The van der Waals surface area contributed by atoms with E-state index in [1.165, 1.54) is 12.3 Å². The molecule has 6 nitrogen and oxygen atoms in total. The zero-order chi connectivity index (χ0) is 11.6. The van der Waals surface area contributed by atoms with E-state index >= 15 is 0 Å². The molecule has 0 aliphatic carbocycles. The molecule has 1 aromatic rings. The standard InChI is InChI=1S/C9H9N3O3S/c10-9-4-8(16(13,14)12-9)6-15-7-2-1-3-11-5-7/h1-5H,6H2,(H2,10,12). The van der Waals surface area contributed by atoms with Gasteiger partial charge in [-0.3, -0.25) is 4.98 Å². The molecule has 1 aliphatic rings. The molecule has 0 atom stereocenters. The van der Waals surface area contributed by atoms with Gasteiger partial charge in [-0.25, -0.2) is 0 Å². The molecule has 0 spiro atoms. The molecule has 84 valence electrons. The molecule has 2 rings (SSSR count). The Morgan fingerprint density at radius 2 is 2.25 bits per heavy atom. The van der Waals surface area contributed by atoms with E-state index in [-0.39, 0.29) is 17.3 Å². The second kappa shape index (κ2) is 3.93. The van der Waals surface area contributed by atoms with Crippen LogP contribution < -0.4 is 10.5 Å². The normalized spacial score (nSPS) is 17.8. The van der Waals surface area contributed by atoms with Crippen molar-refractivity contribution in [1.82, 2.24) is 4.98 Å². The molecule has 0 saturated heterocycles. The van der Waals surface area contributed by atoms with E-state index in [2.05, 4.69) is 9.38 Å². The fourth-order valence-corrected chi connectivity index (χ4v) is 2.09. The predicted octanol–water partition coefficient (Wildman–Crippen LogP) is 0.0449. The molecule has 0 amide bonds. The first-order valence-corrected chi connectivity index (χ1v) is 5.86. The first-order valence-electron chi connectivity index (χ1n) is 4.42.